The number of aryl methyl sites for hydroxylation is 1. The molecule has 0 bridgehead atoms. The Morgan fingerprint density at radius 3 is 3.00 bits per heavy atom. The van der Waals surface area contributed by atoms with E-state index in [1.165, 1.54) is 18.5 Å². The number of halogens is 1. The van der Waals surface area contributed by atoms with Crippen LogP contribution in [-0.4, -0.2) is 32.1 Å². The normalized spacial score (nSPS) is 18.0. The first-order valence-corrected chi connectivity index (χ1v) is 8.66. The Morgan fingerprint density at radius 1 is 1.26 bits per heavy atom. The highest BCUT2D eigenvalue weighted by Crippen LogP contribution is 2.31. The van der Waals surface area contributed by atoms with E-state index in [1.807, 2.05) is 24.7 Å². The summed E-state index contributed by atoms with van der Waals surface area (Å²) in [5.41, 5.74) is 3.09. The summed E-state index contributed by atoms with van der Waals surface area (Å²) in [5, 5.41) is 0. The monoisotopic (exact) mass is 371 g/mol. The average molecular weight is 372 g/mol. The molecule has 3 aromatic heterocycles. The van der Waals surface area contributed by atoms with E-state index in [4.69, 9.17) is 0 Å². The van der Waals surface area contributed by atoms with E-state index < -0.39 is 0 Å². The number of hydrogen-bond acceptors (Lipinski definition) is 4. The molecule has 0 radical (unpaired) electrons. The molecule has 6 heteroatoms. The molecule has 118 valence electrons. The molecule has 4 heterocycles. The lowest BCUT2D eigenvalue weighted by Gasteiger charge is -2.28. The largest absolute Gasteiger partial charge is 0.365 e. The first-order valence-electron chi connectivity index (χ1n) is 7.87. The van der Waals surface area contributed by atoms with Crippen LogP contribution in [0.25, 0.3) is 11.0 Å². The van der Waals surface area contributed by atoms with Crippen LogP contribution in [0.5, 0.6) is 0 Å². The van der Waals surface area contributed by atoms with Crippen molar-refractivity contribution in [2.75, 3.05) is 11.4 Å². The van der Waals surface area contributed by atoms with Crippen LogP contribution in [0.1, 0.15) is 18.7 Å². The molecule has 1 saturated heterocycles. The van der Waals surface area contributed by atoms with E-state index in [1.54, 1.807) is 0 Å². The molecule has 0 spiro atoms. The van der Waals surface area contributed by atoms with Crippen LogP contribution >= 0.6 is 15.9 Å². The van der Waals surface area contributed by atoms with E-state index in [-0.39, 0.29) is 0 Å². The molecule has 0 aliphatic carbocycles. The predicted octanol–water partition coefficient (Wildman–Crippen LogP) is 3.57. The first-order chi connectivity index (χ1) is 11.2. The van der Waals surface area contributed by atoms with Crippen molar-refractivity contribution in [3.05, 3.63) is 47.2 Å². The number of imidazole rings is 1. The highest BCUT2D eigenvalue weighted by atomic mass is 79.9. The number of rotatable bonds is 3. The van der Waals surface area contributed by atoms with Crippen LogP contribution in [0.15, 0.2) is 41.4 Å². The van der Waals surface area contributed by atoms with E-state index in [2.05, 4.69) is 59.5 Å². The molecule has 0 amide bonds. The minimum absolute atomic E-state index is 0.471. The maximum absolute atomic E-state index is 4.60. The lowest BCUT2D eigenvalue weighted by atomic mass is 10.2. The van der Waals surface area contributed by atoms with Crippen molar-refractivity contribution in [1.29, 1.82) is 0 Å². The molecule has 1 fully saturated rings. The minimum Gasteiger partial charge on any atom is -0.365 e. The first kappa shape index (κ1) is 14.6. The summed E-state index contributed by atoms with van der Waals surface area (Å²) in [4.78, 5) is 15.9. The van der Waals surface area contributed by atoms with Gasteiger partial charge in [-0.1, -0.05) is 0 Å². The van der Waals surface area contributed by atoms with Crippen LogP contribution in [0.4, 0.5) is 5.69 Å². The van der Waals surface area contributed by atoms with Crippen LogP contribution in [0.2, 0.25) is 0 Å². The van der Waals surface area contributed by atoms with E-state index >= 15 is 0 Å². The quantitative estimate of drug-likeness (QED) is 0.705. The van der Waals surface area contributed by atoms with Crippen molar-refractivity contribution in [3.8, 4) is 0 Å². The number of anilines is 1. The summed E-state index contributed by atoms with van der Waals surface area (Å²) in [7, 11) is 0. The maximum Gasteiger partial charge on any atom is 0.112 e. The molecular weight excluding hydrogens is 354 g/mol. The molecule has 4 rings (SSSR count). The van der Waals surface area contributed by atoms with Gasteiger partial charge in [0.05, 0.1) is 11.2 Å². The summed E-state index contributed by atoms with van der Waals surface area (Å²) >= 11 is 3.47. The van der Waals surface area contributed by atoms with Gasteiger partial charge in [-0.3, -0.25) is 9.97 Å². The Bertz CT molecular complexity index is 844. The molecular formula is C17H18BrN5. The van der Waals surface area contributed by atoms with Crippen molar-refractivity contribution in [3.63, 3.8) is 0 Å². The van der Waals surface area contributed by atoms with E-state index in [0.717, 1.165) is 34.4 Å². The summed E-state index contributed by atoms with van der Waals surface area (Å²) in [5.74, 6) is 1.07. The zero-order valence-corrected chi connectivity index (χ0v) is 14.6. The smallest absolute Gasteiger partial charge is 0.112 e. The van der Waals surface area contributed by atoms with Crippen LogP contribution in [-0.2, 0) is 6.54 Å². The SMILES string of the molecule is Cc1nccn1CC1CCCN1c1ccnc2cc(Br)cnc12. The third kappa shape index (κ3) is 2.72. The third-order valence-corrected chi connectivity index (χ3v) is 4.97. The number of fused-ring (bicyclic) bond motifs is 1. The fourth-order valence-corrected chi connectivity index (χ4v) is 3.71. The maximum atomic E-state index is 4.60. The summed E-state index contributed by atoms with van der Waals surface area (Å²) < 4.78 is 3.19. The van der Waals surface area contributed by atoms with Gasteiger partial charge >= 0.3 is 0 Å². The number of hydrogen-bond donors (Lipinski definition) is 0. The van der Waals surface area contributed by atoms with Gasteiger partial charge in [0.1, 0.15) is 11.3 Å². The fraction of sp³-hybridized carbons (Fsp3) is 0.353. The summed E-state index contributed by atoms with van der Waals surface area (Å²) in [6, 6.07) is 4.58. The topological polar surface area (TPSA) is 46.8 Å². The standard InChI is InChI=1S/C17H18BrN5/c1-12-19-6-8-22(12)11-14-3-2-7-23(14)16-4-5-20-15-9-13(18)10-21-17(15)16/h4-6,8-10,14H,2-3,7,11H2,1H3. The van der Waals surface area contributed by atoms with E-state index in [9.17, 15) is 0 Å². The predicted molar refractivity (Wildman–Crippen MR) is 94.6 cm³/mol. The minimum atomic E-state index is 0.471. The van der Waals surface area contributed by atoms with Crippen molar-refractivity contribution < 1.29 is 0 Å². The molecule has 1 aliphatic rings. The lowest BCUT2D eigenvalue weighted by molar-refractivity contribution is 0.541. The van der Waals surface area contributed by atoms with E-state index in [0.29, 0.717) is 6.04 Å². The van der Waals surface area contributed by atoms with Crippen LogP contribution in [0.3, 0.4) is 0 Å². The fourth-order valence-electron chi connectivity index (χ4n) is 3.39. The molecule has 3 aromatic rings. The second-order valence-electron chi connectivity index (χ2n) is 5.97. The number of aromatic nitrogens is 4. The Morgan fingerprint density at radius 2 is 2.17 bits per heavy atom. The van der Waals surface area contributed by atoms with Gasteiger partial charge < -0.3 is 9.47 Å². The zero-order chi connectivity index (χ0) is 15.8. The third-order valence-electron chi connectivity index (χ3n) is 4.54. The van der Waals surface area contributed by atoms with Crippen molar-refractivity contribution >= 4 is 32.7 Å². The van der Waals surface area contributed by atoms with Gasteiger partial charge in [-0.2, -0.15) is 0 Å². The highest BCUT2D eigenvalue weighted by molar-refractivity contribution is 9.10. The van der Waals surface area contributed by atoms with Gasteiger partial charge in [0.25, 0.3) is 0 Å². The summed E-state index contributed by atoms with van der Waals surface area (Å²) in [6.45, 7) is 4.08. The lowest BCUT2D eigenvalue weighted by Crippen LogP contribution is -2.33. The van der Waals surface area contributed by atoms with Gasteiger partial charge in [0, 0.05) is 48.4 Å². The van der Waals surface area contributed by atoms with Crippen molar-refractivity contribution in [2.45, 2.75) is 32.4 Å². The van der Waals surface area contributed by atoms with Crippen molar-refractivity contribution in [2.24, 2.45) is 0 Å². The Hall–Kier alpha value is -1.95. The Kier molecular flexibility index (Phi) is 3.77. The van der Waals surface area contributed by atoms with Crippen LogP contribution < -0.4 is 4.90 Å². The molecule has 1 unspecified atom stereocenters. The molecule has 1 aliphatic heterocycles. The molecule has 0 saturated carbocycles. The van der Waals surface area contributed by atoms with Gasteiger partial charge in [0.2, 0.25) is 0 Å². The molecule has 5 nitrogen and oxygen atoms in total. The average Bonchev–Trinajstić information content (AvgIpc) is 3.16. The second-order valence-corrected chi connectivity index (χ2v) is 6.88. The Balaban J connectivity index is 1.70. The van der Waals surface area contributed by atoms with Gasteiger partial charge in [-0.05, 0) is 47.8 Å². The summed E-state index contributed by atoms with van der Waals surface area (Å²) in [6.07, 6.45) is 10.1. The Labute approximate surface area is 143 Å². The zero-order valence-electron chi connectivity index (χ0n) is 13.0. The number of nitrogens with zero attached hydrogens (tertiary/aromatic N) is 5. The van der Waals surface area contributed by atoms with Gasteiger partial charge in [0.15, 0.2) is 0 Å². The van der Waals surface area contributed by atoms with Gasteiger partial charge in [-0.15, -0.1) is 0 Å². The van der Waals surface area contributed by atoms with Crippen molar-refractivity contribution in [1.82, 2.24) is 19.5 Å². The number of pyridine rings is 2. The second kappa shape index (κ2) is 5.92. The highest BCUT2D eigenvalue weighted by Gasteiger charge is 2.27. The van der Waals surface area contributed by atoms with Gasteiger partial charge in [-0.25, -0.2) is 4.98 Å². The molecule has 23 heavy (non-hydrogen) atoms. The van der Waals surface area contributed by atoms with Crippen LogP contribution in [0, 0.1) is 6.92 Å². The molecule has 0 aromatic carbocycles. The molecule has 1 atom stereocenters. The molecule has 0 N–H and O–H groups in total.